The number of nitrogens with zero attached hydrogens (tertiary/aromatic N) is 2. The number of hydrogen-bond donors (Lipinski definition) is 1. The molecule has 0 aliphatic carbocycles. The Bertz CT molecular complexity index is 900. The van der Waals surface area contributed by atoms with E-state index in [1.807, 2.05) is 77.6 Å². The Hall–Kier alpha value is -3.11. The smallest absolute Gasteiger partial charge is 0.273 e. The van der Waals surface area contributed by atoms with E-state index in [4.69, 9.17) is 11.6 Å². The van der Waals surface area contributed by atoms with Crippen LogP contribution in [0.2, 0.25) is 0 Å². The van der Waals surface area contributed by atoms with E-state index in [0.29, 0.717) is 10.6 Å². The highest BCUT2D eigenvalue weighted by atomic mass is 35.5. The topological polar surface area (TPSA) is 46.4 Å². The maximum Gasteiger partial charge on any atom is 0.273 e. The van der Waals surface area contributed by atoms with Gasteiger partial charge >= 0.3 is 0 Å². The van der Waals surface area contributed by atoms with Gasteiger partial charge in [-0.25, -0.2) is 5.43 Å². The predicted molar refractivity (Wildman–Crippen MR) is 102 cm³/mol. The molecule has 5 heteroatoms. The van der Waals surface area contributed by atoms with Gasteiger partial charge in [-0.2, -0.15) is 5.10 Å². The van der Waals surface area contributed by atoms with Gasteiger partial charge < -0.3 is 4.57 Å². The summed E-state index contributed by atoms with van der Waals surface area (Å²) in [5.41, 5.74) is 4.78. The van der Waals surface area contributed by atoms with Gasteiger partial charge in [0, 0.05) is 12.4 Å². The number of carbonyl (C=O) groups is 1. The lowest BCUT2D eigenvalue weighted by atomic mass is 10.1. The number of carbonyl (C=O) groups excluding carboxylic acids is 1. The van der Waals surface area contributed by atoms with E-state index < -0.39 is 0 Å². The summed E-state index contributed by atoms with van der Waals surface area (Å²) in [5, 5.41) is 4.35. The van der Waals surface area contributed by atoms with E-state index >= 15 is 0 Å². The Morgan fingerprint density at radius 2 is 1.64 bits per heavy atom. The summed E-state index contributed by atoms with van der Waals surface area (Å²) in [6, 6.07) is 20.8. The number of para-hydroxylation sites is 1. The minimum absolute atomic E-state index is 0.301. The molecule has 3 rings (SSSR count). The molecule has 0 saturated heterocycles. The Morgan fingerprint density at radius 3 is 2.40 bits per heavy atom. The number of rotatable bonds is 5. The number of amides is 1. The average Bonchev–Trinajstić information content (AvgIpc) is 3.17. The Morgan fingerprint density at radius 1 is 0.960 bits per heavy atom. The molecule has 0 spiro atoms. The maximum atomic E-state index is 12.4. The van der Waals surface area contributed by atoms with Gasteiger partial charge in [-0.3, -0.25) is 4.79 Å². The Balaban J connectivity index is 1.70. The van der Waals surface area contributed by atoms with Crippen LogP contribution in [0.15, 0.2) is 89.3 Å². The third kappa shape index (κ3) is 4.46. The second kappa shape index (κ2) is 8.13. The fourth-order valence-electron chi connectivity index (χ4n) is 2.34. The van der Waals surface area contributed by atoms with Crippen LogP contribution >= 0.6 is 11.6 Å². The van der Waals surface area contributed by atoms with E-state index in [9.17, 15) is 4.79 Å². The molecule has 3 aromatic rings. The van der Waals surface area contributed by atoms with Crippen molar-refractivity contribution in [1.29, 1.82) is 0 Å². The van der Waals surface area contributed by atoms with Crippen molar-refractivity contribution < 1.29 is 4.79 Å². The summed E-state index contributed by atoms with van der Waals surface area (Å²) in [4.78, 5) is 12.4. The van der Waals surface area contributed by atoms with Crippen LogP contribution in [0.1, 0.15) is 15.9 Å². The predicted octanol–water partition coefficient (Wildman–Crippen LogP) is 4.47. The summed E-state index contributed by atoms with van der Waals surface area (Å²) in [6.45, 7) is 0. The SMILES string of the molecule is O=C(N/N=C\C(Cl)=C\c1ccccc1)c1ccccc1-n1cccc1. The number of nitrogens with one attached hydrogen (secondary N) is 1. The fraction of sp³-hybridized carbons (Fsp3) is 0. The maximum absolute atomic E-state index is 12.4. The first-order valence-corrected chi connectivity index (χ1v) is 8.10. The van der Waals surface area contributed by atoms with Crippen molar-refractivity contribution in [3.8, 4) is 5.69 Å². The lowest BCUT2D eigenvalue weighted by molar-refractivity contribution is 0.0955. The molecule has 0 bridgehead atoms. The Kier molecular flexibility index (Phi) is 5.44. The van der Waals surface area contributed by atoms with Crippen molar-refractivity contribution in [3.63, 3.8) is 0 Å². The Labute approximate surface area is 151 Å². The van der Waals surface area contributed by atoms with Crippen LogP contribution in [0, 0.1) is 0 Å². The highest BCUT2D eigenvalue weighted by Crippen LogP contribution is 2.14. The van der Waals surface area contributed by atoms with Gasteiger partial charge in [-0.05, 0) is 35.9 Å². The molecule has 25 heavy (non-hydrogen) atoms. The molecule has 0 aliphatic heterocycles. The molecule has 0 saturated carbocycles. The number of benzene rings is 2. The number of hydrazone groups is 1. The lowest BCUT2D eigenvalue weighted by Gasteiger charge is -2.08. The second-order valence-electron chi connectivity index (χ2n) is 5.25. The van der Waals surface area contributed by atoms with Gasteiger partial charge in [0.05, 0.1) is 22.5 Å². The van der Waals surface area contributed by atoms with Crippen LogP contribution in [0.3, 0.4) is 0 Å². The molecule has 124 valence electrons. The molecule has 4 nitrogen and oxygen atoms in total. The quantitative estimate of drug-likeness (QED) is 0.536. The molecule has 0 radical (unpaired) electrons. The van der Waals surface area contributed by atoms with Gasteiger partial charge in [0.1, 0.15) is 0 Å². The minimum atomic E-state index is -0.301. The summed E-state index contributed by atoms with van der Waals surface area (Å²) in [7, 11) is 0. The van der Waals surface area contributed by atoms with Crippen molar-refractivity contribution in [2.24, 2.45) is 5.10 Å². The zero-order valence-corrected chi connectivity index (χ0v) is 14.1. The monoisotopic (exact) mass is 349 g/mol. The molecule has 1 amide bonds. The molecule has 0 fully saturated rings. The summed E-state index contributed by atoms with van der Waals surface area (Å²) >= 11 is 6.11. The molecule has 0 unspecified atom stereocenters. The molecular formula is C20H16ClN3O. The highest BCUT2D eigenvalue weighted by molar-refractivity contribution is 6.41. The zero-order valence-electron chi connectivity index (χ0n) is 13.3. The van der Waals surface area contributed by atoms with E-state index in [1.54, 1.807) is 12.1 Å². The first-order valence-electron chi connectivity index (χ1n) is 7.72. The van der Waals surface area contributed by atoms with E-state index in [-0.39, 0.29) is 5.91 Å². The molecule has 1 aromatic heterocycles. The normalized spacial score (nSPS) is 11.6. The standard InChI is InChI=1S/C20H16ClN3O/c21-17(14-16-8-2-1-3-9-16)15-22-23-20(25)18-10-4-5-11-19(18)24-12-6-7-13-24/h1-15H,(H,23,25)/b17-14-,22-15-. The number of halogens is 1. The fourth-order valence-corrected chi connectivity index (χ4v) is 2.52. The number of hydrogen-bond acceptors (Lipinski definition) is 2. The van der Waals surface area contributed by atoms with Gasteiger partial charge in [0.15, 0.2) is 0 Å². The third-order valence-electron chi connectivity index (χ3n) is 3.49. The van der Waals surface area contributed by atoms with E-state index in [2.05, 4.69) is 10.5 Å². The largest absolute Gasteiger partial charge is 0.323 e. The minimum Gasteiger partial charge on any atom is -0.323 e. The van der Waals surface area contributed by atoms with Crippen molar-refractivity contribution in [2.45, 2.75) is 0 Å². The van der Waals surface area contributed by atoms with Gasteiger partial charge in [0.2, 0.25) is 0 Å². The van der Waals surface area contributed by atoms with Gasteiger partial charge in [-0.15, -0.1) is 0 Å². The molecule has 1 heterocycles. The van der Waals surface area contributed by atoms with Crippen LogP contribution < -0.4 is 5.43 Å². The molecule has 0 atom stereocenters. The van der Waals surface area contributed by atoms with E-state index in [0.717, 1.165) is 11.3 Å². The second-order valence-corrected chi connectivity index (χ2v) is 5.68. The lowest BCUT2D eigenvalue weighted by Crippen LogP contribution is -2.19. The van der Waals surface area contributed by atoms with Crippen LogP contribution in [0.4, 0.5) is 0 Å². The molecular weight excluding hydrogens is 334 g/mol. The van der Waals surface area contributed by atoms with Crippen molar-refractivity contribution in [1.82, 2.24) is 9.99 Å². The van der Waals surface area contributed by atoms with Crippen LogP contribution in [-0.4, -0.2) is 16.7 Å². The van der Waals surface area contributed by atoms with Crippen molar-refractivity contribution in [3.05, 3.63) is 95.3 Å². The zero-order chi connectivity index (χ0) is 17.5. The molecule has 2 aromatic carbocycles. The summed E-state index contributed by atoms with van der Waals surface area (Å²) < 4.78 is 1.88. The van der Waals surface area contributed by atoms with Crippen LogP contribution in [0.5, 0.6) is 0 Å². The van der Waals surface area contributed by atoms with Crippen LogP contribution in [-0.2, 0) is 0 Å². The van der Waals surface area contributed by atoms with Gasteiger partial charge in [0.25, 0.3) is 5.91 Å². The van der Waals surface area contributed by atoms with E-state index in [1.165, 1.54) is 6.21 Å². The van der Waals surface area contributed by atoms with Crippen molar-refractivity contribution >= 4 is 29.8 Å². The summed E-state index contributed by atoms with van der Waals surface area (Å²) in [5.74, 6) is -0.301. The average molecular weight is 350 g/mol. The number of aromatic nitrogens is 1. The van der Waals surface area contributed by atoms with Crippen LogP contribution in [0.25, 0.3) is 11.8 Å². The molecule has 1 N–H and O–H groups in total. The molecule has 0 aliphatic rings. The highest BCUT2D eigenvalue weighted by Gasteiger charge is 2.10. The van der Waals surface area contributed by atoms with Crippen molar-refractivity contribution in [2.75, 3.05) is 0 Å². The van der Waals surface area contributed by atoms with Gasteiger partial charge in [-0.1, -0.05) is 54.1 Å². The first kappa shape index (κ1) is 16.7. The number of allylic oxidation sites excluding steroid dienone is 1. The third-order valence-corrected chi connectivity index (χ3v) is 3.70. The summed E-state index contributed by atoms with van der Waals surface area (Å²) in [6.07, 6.45) is 6.94. The first-order chi connectivity index (χ1) is 12.2.